The molecule has 0 N–H and O–H groups in total. The lowest BCUT2D eigenvalue weighted by molar-refractivity contribution is -0.202. The van der Waals surface area contributed by atoms with E-state index >= 15 is 0 Å². The molecule has 0 atom stereocenters. The Morgan fingerprint density at radius 1 is 0.654 bits per heavy atom. The van der Waals surface area contributed by atoms with E-state index in [4.69, 9.17) is 0 Å². The van der Waals surface area contributed by atoms with E-state index < -0.39 is 61.3 Å². The Morgan fingerprint density at radius 2 is 0.923 bits per heavy atom. The molecule has 0 bridgehead atoms. The van der Waals surface area contributed by atoms with Crippen molar-refractivity contribution in [2.24, 2.45) is 11.8 Å². The van der Waals surface area contributed by atoms with Gasteiger partial charge in [-0.25, -0.2) is 9.59 Å². The molecule has 0 aliphatic carbocycles. The fourth-order valence-electron chi connectivity index (χ4n) is 1.32. The van der Waals surface area contributed by atoms with Crippen LogP contribution in [0.3, 0.4) is 0 Å². The molecule has 0 saturated carbocycles. The van der Waals surface area contributed by atoms with Gasteiger partial charge in [0, 0.05) is 0 Å². The third kappa shape index (κ3) is 8.42. The molecule has 0 spiro atoms. The Morgan fingerprint density at radius 3 is 1.15 bits per heavy atom. The van der Waals surface area contributed by atoms with Crippen molar-refractivity contribution in [3.63, 3.8) is 0 Å². The first-order valence-corrected chi connectivity index (χ1v) is 6.47. The maximum absolute atomic E-state index is 12.1. The molecule has 0 aromatic carbocycles. The largest absolute Gasteiger partial charge is 0.455 e. The molecular formula is C10H6Cl2F6O8. The van der Waals surface area contributed by atoms with E-state index in [9.17, 15) is 45.5 Å². The third-order valence-corrected chi connectivity index (χ3v) is 2.56. The van der Waals surface area contributed by atoms with Gasteiger partial charge in [0.2, 0.25) is 0 Å². The zero-order chi connectivity index (χ0) is 20.7. The van der Waals surface area contributed by atoms with Gasteiger partial charge in [0.1, 0.15) is 23.7 Å². The predicted molar refractivity (Wildman–Crippen MR) is 64.9 cm³/mol. The summed E-state index contributed by atoms with van der Waals surface area (Å²) in [6.07, 6.45) is -10.2. The van der Waals surface area contributed by atoms with Crippen molar-refractivity contribution in [1.82, 2.24) is 0 Å². The molecular weight excluding hydrogens is 433 g/mol. The molecule has 0 amide bonds. The number of halogens is 8. The van der Waals surface area contributed by atoms with Crippen LogP contribution in [0.1, 0.15) is 0 Å². The first-order valence-electron chi connectivity index (χ1n) is 5.85. The molecule has 0 rings (SSSR count). The minimum Gasteiger partial charge on any atom is -0.455 e. The van der Waals surface area contributed by atoms with E-state index in [-0.39, 0.29) is 0 Å². The summed E-state index contributed by atoms with van der Waals surface area (Å²) in [6.45, 7) is -4.60. The summed E-state index contributed by atoms with van der Waals surface area (Å²) < 4.78 is 86.7. The fourth-order valence-corrected chi connectivity index (χ4v) is 1.51. The second-order valence-corrected chi connectivity index (χ2v) is 4.50. The molecule has 0 fully saturated rings. The molecule has 0 saturated heterocycles. The number of ether oxygens (including phenoxy) is 2. The van der Waals surface area contributed by atoms with E-state index in [1.165, 1.54) is 0 Å². The van der Waals surface area contributed by atoms with Crippen LogP contribution < -0.4 is 0 Å². The van der Waals surface area contributed by atoms with Crippen LogP contribution in [0, 0.1) is 11.8 Å². The lowest BCUT2D eigenvalue weighted by atomic mass is 9.92. The zero-order valence-electron chi connectivity index (χ0n) is 11.9. The van der Waals surface area contributed by atoms with Gasteiger partial charge in [-0.2, -0.15) is 26.3 Å². The normalized spacial score (nSPS) is 11.9. The summed E-state index contributed by atoms with van der Waals surface area (Å²) in [7, 11) is 0. The third-order valence-electron chi connectivity index (χ3n) is 2.26. The molecule has 0 radical (unpaired) electrons. The number of hydrogen-bond acceptors (Lipinski definition) is 8. The second kappa shape index (κ2) is 9.66. The SMILES string of the molecule is O=C(OCl)C(C(=O)OCl)C(C(=O)OCC(F)(F)F)C(=O)OCC(F)(F)F. The summed E-state index contributed by atoms with van der Waals surface area (Å²) in [6, 6.07) is 0. The van der Waals surface area contributed by atoms with Crippen molar-refractivity contribution in [2.45, 2.75) is 12.4 Å². The number of rotatable bonds is 7. The van der Waals surface area contributed by atoms with Crippen LogP contribution in [0.25, 0.3) is 0 Å². The van der Waals surface area contributed by atoms with Crippen LogP contribution in [0.5, 0.6) is 0 Å². The fraction of sp³-hybridized carbons (Fsp3) is 0.600. The molecule has 0 heterocycles. The Balaban J connectivity index is 5.67. The van der Waals surface area contributed by atoms with E-state index in [1.807, 2.05) is 0 Å². The Kier molecular flexibility index (Phi) is 8.93. The summed E-state index contributed by atoms with van der Waals surface area (Å²) in [5.74, 6) is -14.2. The molecule has 0 aliphatic heterocycles. The van der Waals surface area contributed by atoms with Gasteiger partial charge < -0.3 is 18.1 Å². The molecule has 8 nitrogen and oxygen atoms in total. The minimum absolute atomic E-state index is 1.96. The molecule has 26 heavy (non-hydrogen) atoms. The van der Waals surface area contributed by atoms with Crippen LogP contribution in [-0.4, -0.2) is 49.4 Å². The van der Waals surface area contributed by atoms with Crippen LogP contribution in [-0.2, 0) is 37.2 Å². The van der Waals surface area contributed by atoms with Gasteiger partial charge in [-0.1, -0.05) is 0 Å². The van der Waals surface area contributed by atoms with Crippen LogP contribution in [0.4, 0.5) is 26.3 Å². The number of alkyl halides is 6. The number of esters is 2. The lowest BCUT2D eigenvalue weighted by Crippen LogP contribution is -2.44. The molecule has 0 aliphatic rings. The van der Waals surface area contributed by atoms with Gasteiger partial charge in [-0.05, 0) is 0 Å². The number of carbonyl (C=O) groups is 4. The van der Waals surface area contributed by atoms with Crippen molar-refractivity contribution in [2.75, 3.05) is 13.2 Å². The monoisotopic (exact) mass is 438 g/mol. The maximum Gasteiger partial charge on any atom is 0.422 e. The van der Waals surface area contributed by atoms with E-state index in [2.05, 4.69) is 41.8 Å². The average molecular weight is 439 g/mol. The highest BCUT2D eigenvalue weighted by molar-refractivity contribution is 6.20. The van der Waals surface area contributed by atoms with Crippen LogP contribution in [0.15, 0.2) is 0 Å². The zero-order valence-corrected chi connectivity index (χ0v) is 13.4. The first kappa shape index (κ1) is 24.0. The second-order valence-electron chi connectivity index (χ2n) is 4.19. The highest BCUT2D eigenvalue weighted by Crippen LogP contribution is 2.24. The van der Waals surface area contributed by atoms with Gasteiger partial charge in [-0.15, -0.1) is 0 Å². The smallest absolute Gasteiger partial charge is 0.422 e. The van der Waals surface area contributed by atoms with Crippen molar-refractivity contribution in [3.05, 3.63) is 0 Å². The first-order chi connectivity index (χ1) is 11.7. The average Bonchev–Trinajstić information content (AvgIpc) is 2.52. The van der Waals surface area contributed by atoms with Gasteiger partial charge in [-0.3, -0.25) is 9.59 Å². The number of carbonyl (C=O) groups excluding carboxylic acids is 4. The highest BCUT2D eigenvalue weighted by Gasteiger charge is 2.50. The topological polar surface area (TPSA) is 105 Å². The van der Waals surface area contributed by atoms with Gasteiger partial charge in [0.25, 0.3) is 0 Å². The quantitative estimate of drug-likeness (QED) is 0.336. The molecule has 16 heteroatoms. The standard InChI is InChI=1S/C10H6Cl2F6O8/c11-25-7(21)4(8(22)26-12)3(5(19)23-1-9(13,14)15)6(20)24-2-10(16,17)18/h3-4H,1-2H2. The molecule has 150 valence electrons. The maximum atomic E-state index is 12.1. The van der Waals surface area contributed by atoms with Crippen molar-refractivity contribution in [3.8, 4) is 0 Å². The van der Waals surface area contributed by atoms with Crippen molar-refractivity contribution in [1.29, 1.82) is 0 Å². The summed E-state index contributed by atoms with van der Waals surface area (Å²) in [5.41, 5.74) is 0. The molecule has 0 unspecified atom stereocenters. The Labute approximate surface area is 149 Å². The Bertz CT molecular complexity index is 503. The minimum atomic E-state index is -5.11. The van der Waals surface area contributed by atoms with Gasteiger partial charge >= 0.3 is 36.2 Å². The van der Waals surface area contributed by atoms with Crippen LogP contribution >= 0.6 is 23.7 Å². The Hall–Kier alpha value is -1.96. The van der Waals surface area contributed by atoms with Gasteiger partial charge in [0.05, 0.1) is 0 Å². The molecule has 0 aromatic heterocycles. The lowest BCUT2D eigenvalue weighted by Gasteiger charge is -2.20. The van der Waals surface area contributed by atoms with E-state index in [0.29, 0.717) is 0 Å². The predicted octanol–water partition coefficient (Wildman–Crippen LogP) is 1.82. The van der Waals surface area contributed by atoms with Crippen molar-refractivity contribution >= 4 is 47.6 Å². The summed E-state index contributed by atoms with van der Waals surface area (Å²) in [5, 5.41) is 0. The highest BCUT2D eigenvalue weighted by atomic mass is 35.5. The van der Waals surface area contributed by atoms with Gasteiger partial charge in [0.15, 0.2) is 25.0 Å². The summed E-state index contributed by atoms with van der Waals surface area (Å²) in [4.78, 5) is 46.0. The van der Waals surface area contributed by atoms with E-state index in [0.717, 1.165) is 0 Å². The van der Waals surface area contributed by atoms with E-state index in [1.54, 1.807) is 0 Å². The molecule has 0 aromatic rings. The summed E-state index contributed by atoms with van der Waals surface area (Å²) >= 11 is 9.27. The van der Waals surface area contributed by atoms with Crippen molar-refractivity contribution < 1.29 is 63.6 Å². The number of hydrogen-bond donors (Lipinski definition) is 0. The van der Waals surface area contributed by atoms with Crippen LogP contribution in [0.2, 0.25) is 0 Å².